The Labute approximate surface area is 227 Å². The molecule has 0 aliphatic heterocycles. The predicted octanol–water partition coefficient (Wildman–Crippen LogP) is 7.61. The molecule has 2 N–H and O–H groups in total. The lowest BCUT2D eigenvalue weighted by Gasteiger charge is -2.40. The maximum Gasteiger partial charge on any atom is 0.245 e. The summed E-state index contributed by atoms with van der Waals surface area (Å²) >= 11 is 18.0. The molecule has 0 spiro atoms. The molecule has 3 aromatic rings. The van der Waals surface area contributed by atoms with Crippen molar-refractivity contribution in [2.45, 2.75) is 37.1 Å². The molecule has 4 nitrogen and oxygen atoms in total. The van der Waals surface area contributed by atoms with E-state index in [1.54, 1.807) is 25.2 Å². The molecular formula is C29H28Cl3N3O. The van der Waals surface area contributed by atoms with Crippen LogP contribution in [0, 0.1) is 11.3 Å². The van der Waals surface area contributed by atoms with Crippen molar-refractivity contribution >= 4 is 46.4 Å². The Hall–Kier alpha value is -2.97. The molecule has 186 valence electrons. The molecule has 3 aromatic carbocycles. The first kappa shape index (κ1) is 27.6. The number of halogens is 3. The average molecular weight is 541 g/mol. The Bertz CT molecular complexity index is 1230. The van der Waals surface area contributed by atoms with Crippen LogP contribution in [0.4, 0.5) is 0 Å². The minimum absolute atomic E-state index is 0.0482. The van der Waals surface area contributed by atoms with Gasteiger partial charge in [-0.15, -0.1) is 0 Å². The standard InChI is InChI=1S/C23H23Cl2N3O.C6H5Cl/c1-15(17-5-3-16(14-26)4-6-17)28-23(22(29)27-2)11-9-18(10-12-23)20-8-7-19(24)13-21(20)25;7-6-4-2-1-3-5-6/h3-8,13,18,28H,1,9-12H2,2H3,(H,27,29);1-5H. The number of hydrogen-bond donors (Lipinski definition) is 2. The Morgan fingerprint density at radius 3 is 2.11 bits per heavy atom. The van der Waals surface area contributed by atoms with Crippen LogP contribution in [-0.4, -0.2) is 18.5 Å². The molecule has 1 saturated carbocycles. The van der Waals surface area contributed by atoms with E-state index in [0.717, 1.165) is 29.0 Å². The number of nitriles is 1. The van der Waals surface area contributed by atoms with E-state index in [2.05, 4.69) is 23.3 Å². The van der Waals surface area contributed by atoms with Crippen molar-refractivity contribution in [1.82, 2.24) is 10.6 Å². The lowest BCUT2D eigenvalue weighted by atomic mass is 9.73. The summed E-state index contributed by atoms with van der Waals surface area (Å²) in [6.45, 7) is 4.13. The first-order valence-electron chi connectivity index (χ1n) is 11.6. The van der Waals surface area contributed by atoms with E-state index < -0.39 is 5.54 Å². The number of carbonyl (C=O) groups excluding carboxylic acids is 1. The van der Waals surface area contributed by atoms with Gasteiger partial charge in [-0.3, -0.25) is 4.79 Å². The Kier molecular flexibility index (Phi) is 9.84. The SMILES string of the molecule is C=C(NC1(C(=O)NC)CCC(c2ccc(Cl)cc2Cl)CC1)c1ccc(C#N)cc1.Clc1ccccc1. The van der Waals surface area contributed by atoms with Gasteiger partial charge in [-0.05, 0) is 79.1 Å². The summed E-state index contributed by atoms with van der Waals surface area (Å²) in [5.74, 6) is 0.232. The maximum absolute atomic E-state index is 12.8. The van der Waals surface area contributed by atoms with Gasteiger partial charge in [-0.2, -0.15) is 5.26 Å². The first-order valence-corrected chi connectivity index (χ1v) is 12.8. The van der Waals surface area contributed by atoms with Crippen LogP contribution < -0.4 is 10.6 Å². The molecule has 0 atom stereocenters. The molecule has 1 amide bonds. The van der Waals surface area contributed by atoms with Crippen molar-refractivity contribution in [3.63, 3.8) is 0 Å². The lowest BCUT2D eigenvalue weighted by Crippen LogP contribution is -2.57. The third-order valence-electron chi connectivity index (χ3n) is 6.39. The van der Waals surface area contributed by atoms with Crippen LogP contribution in [-0.2, 0) is 4.79 Å². The molecule has 0 radical (unpaired) electrons. The second-order valence-corrected chi connectivity index (χ2v) is 9.97. The minimum Gasteiger partial charge on any atom is -0.371 e. The normalized spacial score (nSPS) is 18.7. The van der Waals surface area contributed by atoms with Gasteiger partial charge >= 0.3 is 0 Å². The van der Waals surface area contributed by atoms with Gasteiger partial charge in [-0.25, -0.2) is 0 Å². The van der Waals surface area contributed by atoms with Crippen LogP contribution in [0.2, 0.25) is 15.1 Å². The maximum atomic E-state index is 12.8. The highest BCUT2D eigenvalue weighted by atomic mass is 35.5. The fourth-order valence-electron chi connectivity index (χ4n) is 4.42. The van der Waals surface area contributed by atoms with Crippen LogP contribution in [0.15, 0.2) is 79.4 Å². The van der Waals surface area contributed by atoms with E-state index in [1.165, 1.54) is 0 Å². The van der Waals surface area contributed by atoms with E-state index >= 15 is 0 Å². The molecule has 0 aromatic heterocycles. The van der Waals surface area contributed by atoms with Crippen molar-refractivity contribution in [3.05, 3.63) is 111 Å². The summed E-state index contributed by atoms with van der Waals surface area (Å²) in [6, 6.07) is 24.3. The number of nitrogens with one attached hydrogen (secondary N) is 2. The third kappa shape index (κ3) is 7.04. The van der Waals surface area contributed by atoms with Crippen molar-refractivity contribution in [3.8, 4) is 6.07 Å². The van der Waals surface area contributed by atoms with Crippen molar-refractivity contribution in [2.24, 2.45) is 0 Å². The van der Waals surface area contributed by atoms with E-state index in [0.29, 0.717) is 34.1 Å². The van der Waals surface area contributed by atoms with Gasteiger partial charge in [-0.1, -0.05) is 77.8 Å². The summed E-state index contributed by atoms with van der Waals surface area (Å²) in [7, 11) is 1.65. The van der Waals surface area contributed by atoms with Gasteiger partial charge in [0.15, 0.2) is 0 Å². The molecule has 0 saturated heterocycles. The zero-order valence-electron chi connectivity index (χ0n) is 20.0. The minimum atomic E-state index is -0.727. The smallest absolute Gasteiger partial charge is 0.245 e. The van der Waals surface area contributed by atoms with Crippen LogP contribution in [0.5, 0.6) is 0 Å². The number of hydrogen-bond acceptors (Lipinski definition) is 3. The van der Waals surface area contributed by atoms with Crippen LogP contribution >= 0.6 is 34.8 Å². The molecule has 1 aliphatic carbocycles. The van der Waals surface area contributed by atoms with Crippen molar-refractivity contribution < 1.29 is 4.79 Å². The third-order valence-corrected chi connectivity index (χ3v) is 7.20. The first-order chi connectivity index (χ1) is 17.3. The molecule has 4 rings (SSSR count). The average Bonchev–Trinajstić information content (AvgIpc) is 2.89. The highest BCUT2D eigenvalue weighted by Crippen LogP contribution is 2.41. The molecule has 0 unspecified atom stereocenters. The highest BCUT2D eigenvalue weighted by molar-refractivity contribution is 6.35. The Morgan fingerprint density at radius 2 is 1.61 bits per heavy atom. The van der Waals surface area contributed by atoms with Crippen LogP contribution in [0.1, 0.15) is 48.3 Å². The molecular weight excluding hydrogens is 513 g/mol. The molecule has 1 aliphatic rings. The Balaban J connectivity index is 0.000000444. The van der Waals surface area contributed by atoms with Crippen molar-refractivity contribution in [1.29, 1.82) is 5.26 Å². The summed E-state index contributed by atoms with van der Waals surface area (Å²) in [5, 5.41) is 17.2. The van der Waals surface area contributed by atoms with Crippen molar-refractivity contribution in [2.75, 3.05) is 7.05 Å². The number of nitrogens with zero attached hydrogens (tertiary/aromatic N) is 1. The Morgan fingerprint density at radius 1 is 0.972 bits per heavy atom. The summed E-state index contributed by atoms with van der Waals surface area (Å²) in [4.78, 5) is 12.8. The number of rotatable bonds is 5. The fourth-order valence-corrected chi connectivity index (χ4v) is 5.13. The van der Waals surface area contributed by atoms with Gasteiger partial charge in [0.2, 0.25) is 5.91 Å². The van der Waals surface area contributed by atoms with Crippen LogP contribution in [0.25, 0.3) is 5.70 Å². The number of carbonyl (C=O) groups is 1. The van der Waals surface area contributed by atoms with Gasteiger partial charge < -0.3 is 10.6 Å². The van der Waals surface area contributed by atoms with Crippen LogP contribution in [0.3, 0.4) is 0 Å². The van der Waals surface area contributed by atoms with Gasteiger partial charge in [0.25, 0.3) is 0 Å². The van der Waals surface area contributed by atoms with E-state index in [4.69, 9.17) is 40.1 Å². The molecule has 1 fully saturated rings. The number of likely N-dealkylation sites (N-methyl/N-ethyl adjacent to an activating group) is 1. The zero-order valence-corrected chi connectivity index (χ0v) is 22.3. The number of benzene rings is 3. The van der Waals surface area contributed by atoms with E-state index in [-0.39, 0.29) is 11.8 Å². The number of amides is 1. The highest BCUT2D eigenvalue weighted by Gasteiger charge is 2.42. The van der Waals surface area contributed by atoms with E-state index in [9.17, 15) is 4.79 Å². The second-order valence-electron chi connectivity index (χ2n) is 8.69. The predicted molar refractivity (Wildman–Crippen MR) is 149 cm³/mol. The lowest BCUT2D eigenvalue weighted by molar-refractivity contribution is -0.128. The summed E-state index contributed by atoms with van der Waals surface area (Å²) in [6.07, 6.45) is 2.96. The van der Waals surface area contributed by atoms with Gasteiger partial charge in [0.1, 0.15) is 5.54 Å². The van der Waals surface area contributed by atoms with Gasteiger partial charge in [0, 0.05) is 27.8 Å². The molecule has 0 bridgehead atoms. The summed E-state index contributed by atoms with van der Waals surface area (Å²) < 4.78 is 0. The molecule has 0 heterocycles. The topological polar surface area (TPSA) is 64.9 Å². The molecule has 36 heavy (non-hydrogen) atoms. The second kappa shape index (κ2) is 12.8. The largest absolute Gasteiger partial charge is 0.371 e. The summed E-state index contributed by atoms with van der Waals surface area (Å²) in [5.41, 5.74) is 2.46. The molecule has 7 heteroatoms. The fraction of sp³-hybridized carbons (Fsp3) is 0.241. The van der Waals surface area contributed by atoms with Gasteiger partial charge in [0.05, 0.1) is 11.6 Å². The van der Waals surface area contributed by atoms with E-state index in [1.807, 2.05) is 54.6 Å². The zero-order chi connectivity index (χ0) is 26.1. The monoisotopic (exact) mass is 539 g/mol. The quantitative estimate of drug-likeness (QED) is 0.350.